The molecule has 0 heterocycles. The average molecular weight is 266 g/mol. The van der Waals surface area contributed by atoms with Gasteiger partial charge >= 0.3 is 0 Å². The fraction of sp³-hybridized carbons (Fsp3) is 0.938. The van der Waals surface area contributed by atoms with Crippen molar-refractivity contribution in [3.05, 3.63) is 0 Å². The van der Waals surface area contributed by atoms with Crippen LogP contribution in [0.3, 0.4) is 0 Å². The van der Waals surface area contributed by atoms with E-state index in [1.807, 2.05) is 13.8 Å². The molecule has 0 spiro atoms. The molecule has 2 atom stereocenters. The predicted molar refractivity (Wildman–Crippen MR) is 78.6 cm³/mol. The van der Waals surface area contributed by atoms with Crippen LogP contribution in [0.4, 0.5) is 0 Å². The monoisotopic (exact) mass is 266 g/mol. The van der Waals surface area contributed by atoms with Crippen molar-refractivity contribution < 1.29 is 4.74 Å². The summed E-state index contributed by atoms with van der Waals surface area (Å²) < 4.78 is 5.82. The van der Waals surface area contributed by atoms with Crippen molar-refractivity contribution >= 4 is 0 Å². The third-order valence-electron chi connectivity index (χ3n) is 4.34. The normalized spacial score (nSPS) is 24.1. The van der Waals surface area contributed by atoms with E-state index in [0.717, 1.165) is 39.0 Å². The van der Waals surface area contributed by atoms with Crippen LogP contribution in [0, 0.1) is 28.6 Å². The Kier molecular flexibility index (Phi) is 7.41. The van der Waals surface area contributed by atoms with Gasteiger partial charge in [0.25, 0.3) is 0 Å². The summed E-state index contributed by atoms with van der Waals surface area (Å²) in [6, 6.07) is 2.34. The van der Waals surface area contributed by atoms with Crippen molar-refractivity contribution in [3.8, 4) is 6.07 Å². The first kappa shape index (κ1) is 16.5. The van der Waals surface area contributed by atoms with E-state index in [1.165, 1.54) is 25.7 Å². The second kappa shape index (κ2) is 8.55. The van der Waals surface area contributed by atoms with Gasteiger partial charge in [-0.1, -0.05) is 12.8 Å². The standard InChI is InChI=1S/C16H30N2O/c1-16(2,13-18)9-5-6-10-19-12-15-8-4-3-7-14(15)11-17/h14-15H,3-12,17H2,1-2H3. The van der Waals surface area contributed by atoms with Crippen LogP contribution in [-0.2, 0) is 4.74 Å². The third kappa shape index (κ3) is 6.40. The van der Waals surface area contributed by atoms with Gasteiger partial charge in [0.05, 0.1) is 11.5 Å². The van der Waals surface area contributed by atoms with Crippen LogP contribution in [0.1, 0.15) is 58.8 Å². The summed E-state index contributed by atoms with van der Waals surface area (Å²) in [5.41, 5.74) is 5.64. The van der Waals surface area contributed by atoms with Gasteiger partial charge in [-0.15, -0.1) is 0 Å². The number of hydrogen-bond donors (Lipinski definition) is 1. The van der Waals surface area contributed by atoms with Crippen molar-refractivity contribution in [2.75, 3.05) is 19.8 Å². The van der Waals surface area contributed by atoms with E-state index in [2.05, 4.69) is 6.07 Å². The maximum Gasteiger partial charge on any atom is 0.0683 e. The molecule has 0 saturated heterocycles. The Morgan fingerprint density at radius 3 is 2.53 bits per heavy atom. The van der Waals surface area contributed by atoms with Crippen molar-refractivity contribution in [2.45, 2.75) is 58.8 Å². The van der Waals surface area contributed by atoms with Crippen molar-refractivity contribution in [2.24, 2.45) is 23.0 Å². The number of unbranched alkanes of at least 4 members (excludes halogenated alkanes) is 1. The first-order valence-electron chi connectivity index (χ1n) is 7.78. The van der Waals surface area contributed by atoms with Crippen LogP contribution in [0.5, 0.6) is 0 Å². The van der Waals surface area contributed by atoms with Gasteiger partial charge in [-0.3, -0.25) is 0 Å². The highest BCUT2D eigenvalue weighted by Gasteiger charge is 2.23. The van der Waals surface area contributed by atoms with Crippen LogP contribution in [0.15, 0.2) is 0 Å². The average Bonchev–Trinajstić information content (AvgIpc) is 2.43. The molecule has 0 aromatic heterocycles. The molecule has 1 fully saturated rings. The minimum absolute atomic E-state index is 0.186. The number of nitrogens with two attached hydrogens (primary N) is 1. The lowest BCUT2D eigenvalue weighted by atomic mass is 9.80. The SMILES string of the molecule is CC(C)(C#N)CCCCOCC1CCCCC1CN. The van der Waals surface area contributed by atoms with Gasteiger partial charge in [0, 0.05) is 13.2 Å². The molecule has 0 radical (unpaired) electrons. The van der Waals surface area contributed by atoms with E-state index >= 15 is 0 Å². The second-order valence-corrected chi connectivity index (χ2v) is 6.57. The topological polar surface area (TPSA) is 59.0 Å². The van der Waals surface area contributed by atoms with Gasteiger partial charge in [-0.25, -0.2) is 0 Å². The maximum absolute atomic E-state index is 8.93. The minimum Gasteiger partial charge on any atom is -0.381 e. The molecule has 3 nitrogen and oxygen atoms in total. The zero-order valence-corrected chi connectivity index (χ0v) is 12.7. The Morgan fingerprint density at radius 1 is 1.21 bits per heavy atom. The molecule has 0 aromatic rings. The molecular formula is C16H30N2O. The number of rotatable bonds is 8. The van der Waals surface area contributed by atoms with Gasteiger partial charge in [-0.05, 0) is 64.3 Å². The fourth-order valence-electron chi connectivity index (χ4n) is 2.88. The molecule has 0 amide bonds. The zero-order valence-electron chi connectivity index (χ0n) is 12.7. The molecule has 1 saturated carbocycles. The smallest absolute Gasteiger partial charge is 0.0683 e. The highest BCUT2D eigenvalue weighted by atomic mass is 16.5. The van der Waals surface area contributed by atoms with Crippen LogP contribution in [0.25, 0.3) is 0 Å². The maximum atomic E-state index is 8.93. The Balaban J connectivity index is 2.06. The van der Waals surface area contributed by atoms with Crippen LogP contribution in [0.2, 0.25) is 0 Å². The molecule has 0 aliphatic heterocycles. The largest absolute Gasteiger partial charge is 0.381 e. The summed E-state index contributed by atoms with van der Waals surface area (Å²) >= 11 is 0. The highest BCUT2D eigenvalue weighted by molar-refractivity contribution is 4.91. The number of ether oxygens (including phenoxy) is 1. The summed E-state index contributed by atoms with van der Waals surface area (Å²) in [5.74, 6) is 1.35. The molecular weight excluding hydrogens is 236 g/mol. The third-order valence-corrected chi connectivity index (χ3v) is 4.34. The molecule has 2 unspecified atom stereocenters. The van der Waals surface area contributed by atoms with Crippen molar-refractivity contribution in [1.82, 2.24) is 0 Å². The molecule has 19 heavy (non-hydrogen) atoms. The van der Waals surface area contributed by atoms with E-state index in [9.17, 15) is 0 Å². The molecule has 2 N–H and O–H groups in total. The van der Waals surface area contributed by atoms with E-state index < -0.39 is 0 Å². The Morgan fingerprint density at radius 2 is 1.89 bits per heavy atom. The number of hydrogen-bond acceptors (Lipinski definition) is 3. The fourth-order valence-corrected chi connectivity index (χ4v) is 2.88. The Bertz CT molecular complexity index is 283. The lowest BCUT2D eigenvalue weighted by Gasteiger charge is -2.30. The lowest BCUT2D eigenvalue weighted by Crippen LogP contribution is -2.30. The summed E-state index contributed by atoms with van der Waals surface area (Å²) in [4.78, 5) is 0. The van der Waals surface area contributed by atoms with Crippen LogP contribution >= 0.6 is 0 Å². The molecule has 0 bridgehead atoms. The first-order chi connectivity index (χ1) is 9.09. The van der Waals surface area contributed by atoms with Gasteiger partial charge in [0.15, 0.2) is 0 Å². The molecule has 3 heteroatoms. The van der Waals surface area contributed by atoms with E-state index in [-0.39, 0.29) is 5.41 Å². The van der Waals surface area contributed by atoms with E-state index in [4.69, 9.17) is 15.7 Å². The Hall–Kier alpha value is -0.590. The Labute approximate surface area is 118 Å². The first-order valence-corrected chi connectivity index (χ1v) is 7.78. The second-order valence-electron chi connectivity index (χ2n) is 6.57. The van der Waals surface area contributed by atoms with E-state index in [0.29, 0.717) is 11.8 Å². The van der Waals surface area contributed by atoms with Gasteiger partial charge in [0.2, 0.25) is 0 Å². The summed E-state index contributed by atoms with van der Waals surface area (Å²) in [6.07, 6.45) is 8.32. The molecule has 110 valence electrons. The van der Waals surface area contributed by atoms with E-state index in [1.54, 1.807) is 0 Å². The summed E-state index contributed by atoms with van der Waals surface area (Å²) in [7, 11) is 0. The van der Waals surface area contributed by atoms with Crippen LogP contribution < -0.4 is 5.73 Å². The van der Waals surface area contributed by atoms with Crippen molar-refractivity contribution in [3.63, 3.8) is 0 Å². The molecule has 1 aliphatic rings. The molecule has 1 aliphatic carbocycles. The number of nitriles is 1. The van der Waals surface area contributed by atoms with Gasteiger partial charge in [-0.2, -0.15) is 5.26 Å². The predicted octanol–water partition coefficient (Wildman–Crippen LogP) is 3.49. The van der Waals surface area contributed by atoms with Gasteiger partial charge in [0.1, 0.15) is 0 Å². The molecule has 0 aromatic carbocycles. The summed E-state index contributed by atoms with van der Waals surface area (Å²) in [5, 5.41) is 8.93. The minimum atomic E-state index is -0.186. The quantitative estimate of drug-likeness (QED) is 0.684. The summed E-state index contributed by atoms with van der Waals surface area (Å²) in [6.45, 7) is 6.52. The van der Waals surface area contributed by atoms with Gasteiger partial charge < -0.3 is 10.5 Å². The molecule has 1 rings (SSSR count). The number of nitrogens with zero attached hydrogens (tertiary/aromatic N) is 1. The lowest BCUT2D eigenvalue weighted by molar-refractivity contribution is 0.0583. The zero-order chi connectivity index (χ0) is 14.1. The van der Waals surface area contributed by atoms with Crippen molar-refractivity contribution in [1.29, 1.82) is 5.26 Å². The van der Waals surface area contributed by atoms with Crippen LogP contribution in [-0.4, -0.2) is 19.8 Å². The highest BCUT2D eigenvalue weighted by Crippen LogP contribution is 2.29.